The van der Waals surface area contributed by atoms with Crippen LogP contribution in [0.5, 0.6) is 5.75 Å². The van der Waals surface area contributed by atoms with Gasteiger partial charge in [-0.3, -0.25) is 0 Å². The molecule has 0 aromatic heterocycles. The Kier molecular flexibility index (Phi) is 4.11. The number of para-hydroxylation sites is 1. The molecule has 3 nitrogen and oxygen atoms in total. The molecule has 0 bridgehead atoms. The maximum Gasteiger partial charge on any atom is 0.129 e. The van der Waals surface area contributed by atoms with Crippen molar-refractivity contribution in [3.05, 3.63) is 65.0 Å². The van der Waals surface area contributed by atoms with Crippen LogP contribution in [0.2, 0.25) is 0 Å². The van der Waals surface area contributed by atoms with Gasteiger partial charge in [0.2, 0.25) is 0 Å². The molecule has 2 aromatic carbocycles. The normalized spacial score (nSPS) is 10.1. The lowest BCUT2D eigenvalue weighted by Crippen LogP contribution is -2.13. The summed E-state index contributed by atoms with van der Waals surface area (Å²) in [5, 5.41) is 21.3. The van der Waals surface area contributed by atoms with Crippen molar-refractivity contribution in [1.29, 1.82) is 5.26 Å². The van der Waals surface area contributed by atoms with Crippen LogP contribution < -0.4 is 5.32 Å². The molecule has 4 heteroatoms. The molecule has 0 aliphatic carbocycles. The number of benzene rings is 2. The summed E-state index contributed by atoms with van der Waals surface area (Å²) in [4.78, 5) is 0. The van der Waals surface area contributed by atoms with Crippen molar-refractivity contribution >= 4 is 0 Å². The summed E-state index contributed by atoms with van der Waals surface area (Å²) >= 11 is 0. The molecule has 0 spiro atoms. The van der Waals surface area contributed by atoms with E-state index in [1.807, 2.05) is 12.1 Å². The fourth-order valence-corrected chi connectivity index (χ4v) is 1.75. The Labute approximate surface area is 110 Å². The number of phenols is 1. The molecule has 0 atom stereocenters. The lowest BCUT2D eigenvalue weighted by Gasteiger charge is -2.07. The van der Waals surface area contributed by atoms with Gasteiger partial charge in [-0.25, -0.2) is 4.39 Å². The highest BCUT2D eigenvalue weighted by molar-refractivity contribution is 5.33. The second kappa shape index (κ2) is 5.98. The van der Waals surface area contributed by atoms with E-state index in [0.717, 1.165) is 5.56 Å². The average molecular weight is 256 g/mol. The van der Waals surface area contributed by atoms with Crippen LogP contribution in [-0.4, -0.2) is 5.11 Å². The first-order chi connectivity index (χ1) is 9.20. The first-order valence-electron chi connectivity index (χ1n) is 5.87. The predicted molar refractivity (Wildman–Crippen MR) is 69.8 cm³/mol. The van der Waals surface area contributed by atoms with Crippen molar-refractivity contribution in [1.82, 2.24) is 5.32 Å². The summed E-state index contributed by atoms with van der Waals surface area (Å²) in [5.41, 5.74) is 1.56. The first-order valence-corrected chi connectivity index (χ1v) is 5.87. The molecule has 0 fully saturated rings. The zero-order valence-electron chi connectivity index (χ0n) is 10.2. The topological polar surface area (TPSA) is 56.0 Å². The van der Waals surface area contributed by atoms with Gasteiger partial charge in [0.25, 0.3) is 0 Å². The minimum atomic E-state index is -0.399. The molecule has 0 heterocycles. The quantitative estimate of drug-likeness (QED) is 0.884. The van der Waals surface area contributed by atoms with Crippen LogP contribution in [0, 0.1) is 17.1 Å². The number of nitrogens with zero attached hydrogens (tertiary/aromatic N) is 1. The third kappa shape index (κ3) is 3.30. The second-order valence-electron chi connectivity index (χ2n) is 4.15. The van der Waals surface area contributed by atoms with Crippen molar-refractivity contribution in [3.8, 4) is 11.8 Å². The zero-order valence-corrected chi connectivity index (χ0v) is 10.2. The van der Waals surface area contributed by atoms with Gasteiger partial charge < -0.3 is 10.4 Å². The van der Waals surface area contributed by atoms with E-state index in [-0.39, 0.29) is 5.75 Å². The largest absolute Gasteiger partial charge is 0.508 e. The van der Waals surface area contributed by atoms with Crippen molar-refractivity contribution in [2.45, 2.75) is 13.1 Å². The van der Waals surface area contributed by atoms with Crippen molar-refractivity contribution in [2.24, 2.45) is 0 Å². The van der Waals surface area contributed by atoms with Gasteiger partial charge in [-0.1, -0.05) is 24.3 Å². The molecule has 0 saturated carbocycles. The van der Waals surface area contributed by atoms with E-state index in [9.17, 15) is 9.50 Å². The van der Waals surface area contributed by atoms with Gasteiger partial charge >= 0.3 is 0 Å². The number of halogens is 1. The van der Waals surface area contributed by atoms with Crippen LogP contribution in [0.15, 0.2) is 42.5 Å². The third-order valence-corrected chi connectivity index (χ3v) is 2.80. The lowest BCUT2D eigenvalue weighted by molar-refractivity contribution is 0.464. The molecule has 19 heavy (non-hydrogen) atoms. The SMILES string of the molecule is N#Cc1ccc(CNCc2ccccc2O)c(F)c1. The fourth-order valence-electron chi connectivity index (χ4n) is 1.75. The third-order valence-electron chi connectivity index (χ3n) is 2.80. The summed E-state index contributed by atoms with van der Waals surface area (Å²) in [5.74, 6) is -0.181. The standard InChI is InChI=1S/C15H13FN2O/c16-14-7-11(8-17)5-6-12(14)9-18-10-13-3-1-2-4-15(13)19/h1-7,18-19H,9-10H2. The molecule has 0 saturated heterocycles. The van der Waals surface area contributed by atoms with E-state index in [1.54, 1.807) is 30.3 Å². The van der Waals surface area contributed by atoms with Crippen molar-refractivity contribution in [3.63, 3.8) is 0 Å². The van der Waals surface area contributed by atoms with Crippen LogP contribution in [0.25, 0.3) is 0 Å². The molecule has 96 valence electrons. The number of hydrogen-bond acceptors (Lipinski definition) is 3. The summed E-state index contributed by atoms with van der Waals surface area (Å²) in [6.45, 7) is 0.790. The van der Waals surface area contributed by atoms with E-state index < -0.39 is 5.82 Å². The van der Waals surface area contributed by atoms with Gasteiger partial charge in [0.15, 0.2) is 0 Å². The average Bonchev–Trinajstić information content (AvgIpc) is 2.42. The lowest BCUT2D eigenvalue weighted by atomic mass is 10.1. The van der Waals surface area contributed by atoms with Crippen molar-refractivity contribution in [2.75, 3.05) is 0 Å². The van der Waals surface area contributed by atoms with Gasteiger partial charge in [-0.15, -0.1) is 0 Å². The van der Waals surface area contributed by atoms with Crippen LogP contribution >= 0.6 is 0 Å². The number of aromatic hydroxyl groups is 1. The van der Waals surface area contributed by atoms with Gasteiger partial charge in [-0.05, 0) is 18.2 Å². The molecule has 0 radical (unpaired) electrons. The summed E-state index contributed by atoms with van der Waals surface area (Å²) < 4.78 is 13.6. The minimum Gasteiger partial charge on any atom is -0.508 e. The Morgan fingerprint density at radius 1 is 1.11 bits per heavy atom. The smallest absolute Gasteiger partial charge is 0.129 e. The number of rotatable bonds is 4. The Morgan fingerprint density at radius 3 is 2.53 bits per heavy atom. The Balaban J connectivity index is 1.97. The Morgan fingerprint density at radius 2 is 1.84 bits per heavy atom. The molecule has 2 rings (SSSR count). The number of nitriles is 1. The molecular weight excluding hydrogens is 243 g/mol. The van der Waals surface area contributed by atoms with Crippen molar-refractivity contribution < 1.29 is 9.50 Å². The van der Waals surface area contributed by atoms with Gasteiger partial charge in [-0.2, -0.15) is 5.26 Å². The second-order valence-corrected chi connectivity index (χ2v) is 4.15. The van der Waals surface area contributed by atoms with E-state index in [4.69, 9.17) is 5.26 Å². The van der Waals surface area contributed by atoms with Crippen LogP contribution in [0.4, 0.5) is 4.39 Å². The van der Waals surface area contributed by atoms with E-state index in [2.05, 4.69) is 5.32 Å². The molecule has 0 aliphatic rings. The highest BCUT2D eigenvalue weighted by Gasteiger charge is 2.04. The zero-order chi connectivity index (χ0) is 13.7. The fraction of sp³-hybridized carbons (Fsp3) is 0.133. The molecule has 0 aliphatic heterocycles. The van der Waals surface area contributed by atoms with Gasteiger partial charge in [0.1, 0.15) is 11.6 Å². The Bertz CT molecular complexity index is 620. The maximum absolute atomic E-state index is 13.6. The van der Waals surface area contributed by atoms with Crippen LogP contribution in [-0.2, 0) is 13.1 Å². The first kappa shape index (κ1) is 13.1. The summed E-state index contributed by atoms with van der Waals surface area (Å²) in [6, 6.07) is 13.3. The van der Waals surface area contributed by atoms with E-state index in [1.165, 1.54) is 6.07 Å². The number of phenolic OH excluding ortho intramolecular Hbond substituents is 1. The number of hydrogen-bond donors (Lipinski definition) is 2. The van der Waals surface area contributed by atoms with Crippen LogP contribution in [0.3, 0.4) is 0 Å². The molecular formula is C15H13FN2O. The van der Waals surface area contributed by atoms with E-state index >= 15 is 0 Å². The minimum absolute atomic E-state index is 0.218. The monoisotopic (exact) mass is 256 g/mol. The molecule has 0 unspecified atom stereocenters. The van der Waals surface area contributed by atoms with Gasteiger partial charge in [0.05, 0.1) is 11.6 Å². The Hall–Kier alpha value is -2.38. The molecule has 2 N–H and O–H groups in total. The molecule has 0 amide bonds. The van der Waals surface area contributed by atoms with E-state index in [0.29, 0.717) is 24.2 Å². The number of nitrogens with one attached hydrogen (secondary N) is 1. The molecule has 2 aromatic rings. The summed E-state index contributed by atoms with van der Waals surface area (Å²) in [7, 11) is 0. The maximum atomic E-state index is 13.6. The van der Waals surface area contributed by atoms with Gasteiger partial charge in [0, 0.05) is 24.2 Å². The summed E-state index contributed by atoms with van der Waals surface area (Å²) in [6.07, 6.45) is 0. The highest BCUT2D eigenvalue weighted by atomic mass is 19.1. The highest BCUT2D eigenvalue weighted by Crippen LogP contribution is 2.15. The van der Waals surface area contributed by atoms with Crippen LogP contribution in [0.1, 0.15) is 16.7 Å². The predicted octanol–water partition coefficient (Wildman–Crippen LogP) is 2.69.